The summed E-state index contributed by atoms with van der Waals surface area (Å²) < 4.78 is 0. The Labute approximate surface area is 111 Å². The van der Waals surface area contributed by atoms with Gasteiger partial charge in [-0.1, -0.05) is 18.2 Å². The van der Waals surface area contributed by atoms with Crippen LogP contribution in [0, 0.1) is 0 Å². The minimum absolute atomic E-state index is 0.0342. The third-order valence-electron chi connectivity index (χ3n) is 2.76. The summed E-state index contributed by atoms with van der Waals surface area (Å²) in [6, 6.07) is 11.5. The average Bonchev–Trinajstić information content (AvgIpc) is 2.91. The van der Waals surface area contributed by atoms with E-state index >= 15 is 0 Å². The van der Waals surface area contributed by atoms with Crippen molar-refractivity contribution in [3.8, 4) is 0 Å². The van der Waals surface area contributed by atoms with Crippen LogP contribution in [-0.4, -0.2) is 17.9 Å². The highest BCUT2D eigenvalue weighted by molar-refractivity contribution is 7.09. The molecule has 0 saturated carbocycles. The second kappa shape index (κ2) is 5.80. The van der Waals surface area contributed by atoms with Gasteiger partial charge in [-0.05, 0) is 29.1 Å². The van der Waals surface area contributed by atoms with Gasteiger partial charge in [0, 0.05) is 24.0 Å². The molecule has 2 rings (SSSR count). The molecule has 4 heteroatoms. The fourth-order valence-corrected chi connectivity index (χ4v) is 2.47. The minimum atomic E-state index is 0.0342. The van der Waals surface area contributed by atoms with Gasteiger partial charge in [0.15, 0.2) is 0 Å². The Kier molecular flexibility index (Phi) is 4.12. The molecule has 1 aromatic carbocycles. The topological polar surface area (TPSA) is 46.3 Å². The van der Waals surface area contributed by atoms with Crippen molar-refractivity contribution in [2.45, 2.75) is 13.1 Å². The van der Waals surface area contributed by atoms with Crippen LogP contribution in [0.3, 0.4) is 0 Å². The van der Waals surface area contributed by atoms with E-state index in [1.807, 2.05) is 48.8 Å². The van der Waals surface area contributed by atoms with E-state index < -0.39 is 0 Å². The summed E-state index contributed by atoms with van der Waals surface area (Å²) in [5, 5.41) is 2.02. The lowest BCUT2D eigenvalue weighted by molar-refractivity contribution is 0.0786. The van der Waals surface area contributed by atoms with Gasteiger partial charge in [-0.3, -0.25) is 4.79 Å². The molecule has 0 radical (unpaired) electrons. The number of carbonyl (C=O) groups is 1. The monoisotopic (exact) mass is 260 g/mol. The fourth-order valence-electron chi connectivity index (χ4n) is 1.71. The number of rotatable bonds is 4. The Bertz CT molecular complexity index is 505. The number of carbonyl (C=O) groups excluding carboxylic acids is 1. The molecule has 0 atom stereocenters. The van der Waals surface area contributed by atoms with Crippen molar-refractivity contribution in [1.29, 1.82) is 0 Å². The van der Waals surface area contributed by atoms with Gasteiger partial charge in [-0.25, -0.2) is 0 Å². The van der Waals surface area contributed by atoms with Crippen molar-refractivity contribution in [3.63, 3.8) is 0 Å². The smallest absolute Gasteiger partial charge is 0.253 e. The molecule has 2 aromatic rings. The van der Waals surface area contributed by atoms with Gasteiger partial charge >= 0.3 is 0 Å². The molecule has 2 N–H and O–H groups in total. The van der Waals surface area contributed by atoms with Crippen molar-refractivity contribution in [3.05, 3.63) is 57.8 Å². The zero-order valence-corrected chi connectivity index (χ0v) is 11.1. The van der Waals surface area contributed by atoms with Crippen LogP contribution in [0.5, 0.6) is 0 Å². The van der Waals surface area contributed by atoms with E-state index in [0.29, 0.717) is 18.7 Å². The van der Waals surface area contributed by atoms with Gasteiger partial charge in [-0.2, -0.15) is 0 Å². The third-order valence-corrected chi connectivity index (χ3v) is 3.62. The second-order valence-electron chi connectivity index (χ2n) is 4.14. The molecule has 1 amide bonds. The summed E-state index contributed by atoms with van der Waals surface area (Å²) in [7, 11) is 1.82. The summed E-state index contributed by atoms with van der Waals surface area (Å²) in [6.07, 6.45) is 0. The quantitative estimate of drug-likeness (QED) is 0.918. The van der Waals surface area contributed by atoms with Crippen molar-refractivity contribution in [2.24, 2.45) is 5.73 Å². The molecular weight excluding hydrogens is 244 g/mol. The van der Waals surface area contributed by atoms with Crippen LogP contribution in [0.1, 0.15) is 20.8 Å². The maximum atomic E-state index is 12.2. The first-order valence-corrected chi connectivity index (χ1v) is 6.65. The molecule has 1 aromatic heterocycles. The van der Waals surface area contributed by atoms with E-state index in [1.165, 1.54) is 4.88 Å². The summed E-state index contributed by atoms with van der Waals surface area (Å²) in [4.78, 5) is 15.1. The van der Waals surface area contributed by atoms with E-state index in [4.69, 9.17) is 5.73 Å². The first kappa shape index (κ1) is 12.8. The molecule has 18 heavy (non-hydrogen) atoms. The van der Waals surface area contributed by atoms with Crippen LogP contribution in [0.25, 0.3) is 0 Å². The largest absolute Gasteiger partial charge is 0.337 e. The van der Waals surface area contributed by atoms with E-state index in [2.05, 4.69) is 0 Å². The van der Waals surface area contributed by atoms with Gasteiger partial charge in [0.25, 0.3) is 5.91 Å². The molecule has 0 bridgehead atoms. The maximum absolute atomic E-state index is 12.2. The Morgan fingerprint density at radius 2 is 2.00 bits per heavy atom. The molecule has 0 saturated heterocycles. The SMILES string of the molecule is CN(Cc1cccs1)C(=O)c1ccc(CN)cc1. The predicted octanol–water partition coefficient (Wildman–Crippen LogP) is 2.48. The highest BCUT2D eigenvalue weighted by Gasteiger charge is 2.12. The van der Waals surface area contributed by atoms with Crippen molar-refractivity contribution < 1.29 is 4.79 Å². The Morgan fingerprint density at radius 3 is 2.56 bits per heavy atom. The lowest BCUT2D eigenvalue weighted by atomic mass is 10.1. The first-order valence-electron chi connectivity index (χ1n) is 5.77. The molecular formula is C14H16N2OS. The van der Waals surface area contributed by atoms with Crippen LogP contribution >= 0.6 is 11.3 Å². The molecule has 0 aliphatic carbocycles. The predicted molar refractivity (Wildman–Crippen MR) is 74.4 cm³/mol. The molecule has 1 heterocycles. The number of amides is 1. The molecule has 0 spiro atoms. The summed E-state index contributed by atoms with van der Waals surface area (Å²) in [5.74, 6) is 0.0342. The summed E-state index contributed by atoms with van der Waals surface area (Å²) >= 11 is 1.66. The van der Waals surface area contributed by atoms with Gasteiger partial charge in [0.05, 0.1) is 6.54 Å². The number of benzene rings is 1. The summed E-state index contributed by atoms with van der Waals surface area (Å²) in [5.41, 5.74) is 7.27. The lowest BCUT2D eigenvalue weighted by Gasteiger charge is -2.16. The Hall–Kier alpha value is -1.65. The number of hydrogen-bond donors (Lipinski definition) is 1. The second-order valence-corrected chi connectivity index (χ2v) is 5.17. The summed E-state index contributed by atoms with van der Waals surface area (Å²) in [6.45, 7) is 1.15. The zero-order valence-electron chi connectivity index (χ0n) is 10.3. The lowest BCUT2D eigenvalue weighted by Crippen LogP contribution is -2.25. The van der Waals surface area contributed by atoms with Gasteiger partial charge < -0.3 is 10.6 Å². The van der Waals surface area contributed by atoms with Gasteiger partial charge in [-0.15, -0.1) is 11.3 Å². The molecule has 94 valence electrons. The minimum Gasteiger partial charge on any atom is -0.337 e. The maximum Gasteiger partial charge on any atom is 0.253 e. The average molecular weight is 260 g/mol. The Balaban J connectivity index is 2.05. The number of nitrogens with two attached hydrogens (primary N) is 1. The highest BCUT2D eigenvalue weighted by atomic mass is 32.1. The van der Waals surface area contributed by atoms with Crippen LogP contribution in [0.4, 0.5) is 0 Å². The molecule has 0 unspecified atom stereocenters. The number of thiophene rings is 1. The van der Waals surface area contributed by atoms with Crippen molar-refractivity contribution in [2.75, 3.05) is 7.05 Å². The van der Waals surface area contributed by atoms with Gasteiger partial charge in [0.1, 0.15) is 0 Å². The molecule has 0 aliphatic heterocycles. The van der Waals surface area contributed by atoms with E-state index in [1.54, 1.807) is 16.2 Å². The standard InChI is InChI=1S/C14H16N2OS/c1-16(10-13-3-2-8-18-13)14(17)12-6-4-11(9-15)5-7-12/h2-8H,9-10,15H2,1H3. The zero-order chi connectivity index (χ0) is 13.0. The highest BCUT2D eigenvalue weighted by Crippen LogP contribution is 2.13. The van der Waals surface area contributed by atoms with Crippen LogP contribution < -0.4 is 5.73 Å². The first-order chi connectivity index (χ1) is 8.70. The van der Waals surface area contributed by atoms with Crippen molar-refractivity contribution >= 4 is 17.2 Å². The van der Waals surface area contributed by atoms with Crippen LogP contribution in [-0.2, 0) is 13.1 Å². The number of hydrogen-bond acceptors (Lipinski definition) is 3. The molecule has 3 nitrogen and oxygen atoms in total. The molecule has 0 aliphatic rings. The number of nitrogens with zero attached hydrogens (tertiary/aromatic N) is 1. The van der Waals surface area contributed by atoms with E-state index in [0.717, 1.165) is 5.56 Å². The normalized spacial score (nSPS) is 10.3. The van der Waals surface area contributed by atoms with Crippen molar-refractivity contribution in [1.82, 2.24) is 4.90 Å². The third kappa shape index (κ3) is 2.97. The van der Waals surface area contributed by atoms with Crippen LogP contribution in [0.2, 0.25) is 0 Å². The fraction of sp³-hybridized carbons (Fsp3) is 0.214. The van der Waals surface area contributed by atoms with E-state index in [9.17, 15) is 4.79 Å². The molecule has 0 fully saturated rings. The Morgan fingerprint density at radius 1 is 1.28 bits per heavy atom. The van der Waals surface area contributed by atoms with E-state index in [-0.39, 0.29) is 5.91 Å². The van der Waals surface area contributed by atoms with Crippen LogP contribution in [0.15, 0.2) is 41.8 Å². The van der Waals surface area contributed by atoms with Gasteiger partial charge in [0.2, 0.25) is 0 Å².